The van der Waals surface area contributed by atoms with Crippen LogP contribution in [-0.2, 0) is 26.0 Å². The molecule has 0 spiro atoms. The molecule has 6 nitrogen and oxygen atoms in total. The van der Waals surface area contributed by atoms with E-state index in [0.717, 1.165) is 22.9 Å². The second-order valence-electron chi connectivity index (χ2n) is 4.48. The molecular weight excluding hydrogens is 550 g/mol. The van der Waals surface area contributed by atoms with Crippen molar-refractivity contribution in [2.75, 3.05) is 40.6 Å². The molecule has 25 heavy (non-hydrogen) atoms. The maximum absolute atomic E-state index is 5.58. The second kappa shape index (κ2) is 14.3. The molecule has 9 heteroatoms. The second-order valence-corrected chi connectivity index (χ2v) is 7.76. The van der Waals surface area contributed by atoms with Gasteiger partial charge in [0.05, 0.1) is 24.6 Å². The molecule has 0 fully saturated rings. The third kappa shape index (κ3) is 9.38. The minimum atomic E-state index is -0.472. The Morgan fingerprint density at radius 2 is 1.20 bits per heavy atom. The van der Waals surface area contributed by atoms with Gasteiger partial charge in [0.2, 0.25) is 0 Å². The first-order valence-electron chi connectivity index (χ1n) is 7.23. The number of hydrogen-bond acceptors (Lipinski definition) is 6. The van der Waals surface area contributed by atoms with E-state index >= 15 is 0 Å². The Morgan fingerprint density at radius 1 is 0.800 bits per heavy atom. The Balaban J connectivity index is 0.000000970. The van der Waals surface area contributed by atoms with E-state index in [1.807, 2.05) is 12.1 Å². The fourth-order valence-corrected chi connectivity index (χ4v) is 1.77. The summed E-state index contributed by atoms with van der Waals surface area (Å²) < 4.78 is 21.1. The van der Waals surface area contributed by atoms with Crippen LogP contribution < -0.4 is 9.47 Å². The number of ether oxygens (including phenoxy) is 4. The molecule has 2 aromatic rings. The molecule has 0 bridgehead atoms. The molecule has 0 aromatic carbocycles. The molecule has 0 unspecified atom stereocenters. The van der Waals surface area contributed by atoms with Crippen molar-refractivity contribution in [3.05, 3.63) is 36.7 Å². The number of methoxy groups -OCH3 is 2. The Bertz CT molecular complexity index is 556. The summed E-state index contributed by atoms with van der Waals surface area (Å²) in [6.07, 6.45) is 3.38. The van der Waals surface area contributed by atoms with Gasteiger partial charge in [-0.25, -0.2) is 0 Å². The quantitative estimate of drug-likeness (QED) is 0.430. The summed E-state index contributed by atoms with van der Waals surface area (Å²) in [4.78, 5) is 8.64. The first kappa shape index (κ1) is 22.1. The van der Waals surface area contributed by atoms with Crippen molar-refractivity contribution < 1.29 is 35.4 Å². The van der Waals surface area contributed by atoms with Gasteiger partial charge < -0.3 is 18.9 Å². The molecule has 2 rings (SSSR count). The Hall–Kier alpha value is -0.912. The first-order valence-corrected chi connectivity index (χ1v) is 12.9. The van der Waals surface area contributed by atoms with E-state index in [4.69, 9.17) is 37.8 Å². The number of rotatable bonds is 9. The van der Waals surface area contributed by atoms with Crippen LogP contribution in [0.4, 0.5) is 0 Å². The van der Waals surface area contributed by atoms with Crippen molar-refractivity contribution in [2.45, 2.75) is 0 Å². The Morgan fingerprint density at radius 3 is 1.56 bits per heavy atom. The zero-order chi connectivity index (χ0) is 18.3. The average molecular weight is 570 g/mol. The number of nitrogens with zero attached hydrogens (tertiary/aromatic N) is 2. The molecule has 0 saturated carbocycles. The van der Waals surface area contributed by atoms with Crippen molar-refractivity contribution in [2.24, 2.45) is 0 Å². The van der Waals surface area contributed by atoms with Gasteiger partial charge in [0.15, 0.2) is 0 Å². The standard InChI is InChI=1S/C16H20N2O4.2ClH.Pt/c1-19-7-9-21-13-3-5-17-15(11-13)16-12-14(4-6-18-16)22-10-8-20-2;;;/h3-6,11-12H,7-10H2,1-2H3;2*1H;/q;;;+2/p-2. The Kier molecular flexibility index (Phi) is 12.6. The van der Waals surface area contributed by atoms with E-state index < -0.39 is 16.5 Å². The summed E-state index contributed by atoms with van der Waals surface area (Å²) in [5, 5.41) is 0. The molecule has 0 radical (unpaired) electrons. The van der Waals surface area contributed by atoms with Crippen LogP contribution in [0.3, 0.4) is 0 Å². The van der Waals surface area contributed by atoms with Crippen LogP contribution in [0.1, 0.15) is 0 Å². The van der Waals surface area contributed by atoms with Gasteiger partial charge in [0.1, 0.15) is 24.7 Å². The summed E-state index contributed by atoms with van der Waals surface area (Å²) in [6, 6.07) is 7.30. The van der Waals surface area contributed by atoms with Crippen molar-refractivity contribution in [1.82, 2.24) is 9.97 Å². The fraction of sp³-hybridized carbons (Fsp3) is 0.375. The normalized spacial score (nSPS) is 10.1. The number of hydrogen-bond donors (Lipinski definition) is 0. The number of halogens is 2. The van der Waals surface area contributed by atoms with Crippen LogP contribution in [0, 0.1) is 0 Å². The van der Waals surface area contributed by atoms with Crippen LogP contribution in [0.15, 0.2) is 36.7 Å². The van der Waals surface area contributed by atoms with E-state index in [1.54, 1.807) is 38.7 Å². The van der Waals surface area contributed by atoms with Crippen molar-refractivity contribution in [3.63, 3.8) is 0 Å². The van der Waals surface area contributed by atoms with Crippen molar-refractivity contribution in [1.29, 1.82) is 0 Å². The van der Waals surface area contributed by atoms with E-state index in [-0.39, 0.29) is 0 Å². The summed E-state index contributed by atoms with van der Waals surface area (Å²) in [5.74, 6) is 1.46. The molecule has 0 atom stereocenters. The van der Waals surface area contributed by atoms with Crippen LogP contribution in [0.25, 0.3) is 11.4 Å². The molecule has 0 amide bonds. The molecule has 2 aromatic heterocycles. The summed E-state index contributed by atoms with van der Waals surface area (Å²) in [7, 11) is 13.0. The van der Waals surface area contributed by atoms with Gasteiger partial charge in [-0.3, -0.25) is 9.97 Å². The third-order valence-corrected chi connectivity index (χ3v) is 2.84. The van der Waals surface area contributed by atoms with Gasteiger partial charge in [-0.2, -0.15) is 0 Å². The van der Waals surface area contributed by atoms with E-state index in [9.17, 15) is 0 Å². The van der Waals surface area contributed by atoms with Gasteiger partial charge >= 0.3 is 35.3 Å². The summed E-state index contributed by atoms with van der Waals surface area (Å²) >= 11 is -0.472. The van der Waals surface area contributed by atoms with Crippen LogP contribution in [0.2, 0.25) is 0 Å². The molecule has 2 heterocycles. The topological polar surface area (TPSA) is 62.7 Å². The first-order chi connectivity index (χ1) is 12.2. The predicted octanol–water partition coefficient (Wildman–Crippen LogP) is 3.57. The molecule has 0 aliphatic heterocycles. The zero-order valence-electron chi connectivity index (χ0n) is 13.9. The summed E-state index contributed by atoms with van der Waals surface area (Å²) in [5.41, 5.74) is 1.46. The number of aromatic nitrogens is 2. The van der Waals surface area contributed by atoms with Crippen LogP contribution >= 0.6 is 18.8 Å². The van der Waals surface area contributed by atoms with Crippen molar-refractivity contribution in [3.8, 4) is 22.9 Å². The minimum absolute atomic E-state index is 0.472. The van der Waals surface area contributed by atoms with Crippen LogP contribution in [-0.4, -0.2) is 50.6 Å². The predicted molar refractivity (Wildman–Crippen MR) is 93.9 cm³/mol. The molecule has 0 aliphatic rings. The third-order valence-electron chi connectivity index (χ3n) is 2.84. The maximum atomic E-state index is 5.58. The monoisotopic (exact) mass is 569 g/mol. The van der Waals surface area contributed by atoms with Gasteiger partial charge in [0, 0.05) is 38.7 Å². The van der Waals surface area contributed by atoms with Crippen LogP contribution in [0.5, 0.6) is 11.5 Å². The molecule has 0 saturated heterocycles. The molecule has 0 N–H and O–H groups in total. The number of pyridine rings is 2. The zero-order valence-corrected chi connectivity index (χ0v) is 17.7. The average Bonchev–Trinajstić information content (AvgIpc) is 2.63. The van der Waals surface area contributed by atoms with Gasteiger partial charge in [-0.1, -0.05) is 0 Å². The molecular formula is C16H20Cl2N2O4Pt. The summed E-state index contributed by atoms with van der Waals surface area (Å²) in [6.45, 7) is 2.07. The Labute approximate surface area is 164 Å². The van der Waals surface area contributed by atoms with E-state index in [0.29, 0.717) is 26.4 Å². The SMILES string of the molecule is COCCOc1ccnc(-c2cc(OCCOC)ccn2)c1.[Cl][Pt][Cl]. The fourth-order valence-electron chi connectivity index (χ4n) is 1.77. The van der Waals surface area contributed by atoms with Gasteiger partial charge in [-0.15, -0.1) is 0 Å². The van der Waals surface area contributed by atoms with Crippen molar-refractivity contribution >= 4 is 18.8 Å². The van der Waals surface area contributed by atoms with E-state index in [2.05, 4.69) is 9.97 Å². The molecule has 142 valence electrons. The van der Waals surface area contributed by atoms with Gasteiger partial charge in [-0.05, 0) is 12.1 Å². The van der Waals surface area contributed by atoms with E-state index in [1.165, 1.54) is 0 Å². The van der Waals surface area contributed by atoms with Gasteiger partial charge in [0.25, 0.3) is 0 Å². The molecule has 0 aliphatic carbocycles.